The number of hydrogen-bond donors (Lipinski definition) is 1. The molecule has 0 saturated heterocycles. The van der Waals surface area contributed by atoms with E-state index in [1.165, 1.54) is 31.4 Å². The smallest absolute Gasteiger partial charge is 0.291 e. The van der Waals surface area contributed by atoms with Crippen molar-refractivity contribution in [3.63, 3.8) is 0 Å². The third kappa shape index (κ3) is 3.84. The zero-order valence-electron chi connectivity index (χ0n) is 11.6. The second-order valence-electron chi connectivity index (χ2n) is 4.32. The molecule has 10 heteroatoms. The van der Waals surface area contributed by atoms with Crippen molar-refractivity contribution >= 4 is 44.6 Å². The Morgan fingerprint density at radius 1 is 1.13 bits per heavy atom. The van der Waals surface area contributed by atoms with Crippen molar-refractivity contribution in [3.8, 4) is 5.75 Å². The first kappa shape index (κ1) is 17.3. The van der Waals surface area contributed by atoms with Crippen molar-refractivity contribution in [2.75, 3.05) is 11.8 Å². The second-order valence-corrected chi connectivity index (χ2v) is 6.84. The van der Waals surface area contributed by atoms with E-state index in [2.05, 4.69) is 4.72 Å². The predicted octanol–water partition coefficient (Wildman–Crippen LogP) is 3.71. The van der Waals surface area contributed by atoms with Gasteiger partial charge in [-0.2, -0.15) is 0 Å². The van der Waals surface area contributed by atoms with Crippen LogP contribution in [0.1, 0.15) is 0 Å². The molecule has 23 heavy (non-hydrogen) atoms. The highest BCUT2D eigenvalue weighted by molar-refractivity contribution is 7.92. The van der Waals surface area contributed by atoms with Gasteiger partial charge in [0.15, 0.2) is 4.90 Å². The number of hydrogen-bond acceptors (Lipinski definition) is 5. The monoisotopic (exact) mass is 376 g/mol. The molecule has 1 N–H and O–H groups in total. The molecular formula is C13H10Cl2N2O5S. The third-order valence-corrected chi connectivity index (χ3v) is 4.70. The topological polar surface area (TPSA) is 98.5 Å². The molecule has 122 valence electrons. The van der Waals surface area contributed by atoms with Gasteiger partial charge < -0.3 is 4.74 Å². The summed E-state index contributed by atoms with van der Waals surface area (Å²) in [5, 5.41) is 11.4. The van der Waals surface area contributed by atoms with Crippen molar-refractivity contribution in [1.29, 1.82) is 0 Å². The number of nitro benzene ring substituents is 1. The van der Waals surface area contributed by atoms with Gasteiger partial charge in [0, 0.05) is 16.1 Å². The molecule has 0 bridgehead atoms. The number of halogens is 2. The van der Waals surface area contributed by atoms with Crippen molar-refractivity contribution in [2.24, 2.45) is 0 Å². The van der Waals surface area contributed by atoms with E-state index in [-0.39, 0.29) is 21.5 Å². The molecule has 0 spiro atoms. The van der Waals surface area contributed by atoms with E-state index in [9.17, 15) is 18.5 Å². The molecule has 0 unspecified atom stereocenters. The summed E-state index contributed by atoms with van der Waals surface area (Å²) in [5.41, 5.74) is -0.574. The lowest BCUT2D eigenvalue weighted by atomic mass is 10.3. The van der Waals surface area contributed by atoms with Crippen LogP contribution in [0.2, 0.25) is 10.0 Å². The van der Waals surface area contributed by atoms with Crippen molar-refractivity contribution < 1.29 is 18.1 Å². The summed E-state index contributed by atoms with van der Waals surface area (Å²) in [4.78, 5) is 9.72. The lowest BCUT2D eigenvalue weighted by molar-refractivity contribution is -0.387. The molecule has 0 fully saturated rings. The van der Waals surface area contributed by atoms with Crippen LogP contribution in [0.4, 0.5) is 11.4 Å². The number of nitrogens with zero attached hydrogens (tertiary/aromatic N) is 1. The zero-order valence-corrected chi connectivity index (χ0v) is 13.9. The summed E-state index contributed by atoms with van der Waals surface area (Å²) in [6.07, 6.45) is 0. The highest BCUT2D eigenvalue weighted by Crippen LogP contribution is 2.33. The SMILES string of the molecule is COc1ccc(Cl)cc1NS(=O)(=O)c1ccc(Cl)cc1[N+](=O)[O-]. The minimum atomic E-state index is -4.24. The maximum Gasteiger partial charge on any atom is 0.291 e. The Morgan fingerprint density at radius 3 is 2.35 bits per heavy atom. The third-order valence-electron chi connectivity index (χ3n) is 2.81. The van der Waals surface area contributed by atoms with E-state index < -0.39 is 25.5 Å². The van der Waals surface area contributed by atoms with E-state index in [1.54, 1.807) is 0 Å². The van der Waals surface area contributed by atoms with Crippen LogP contribution >= 0.6 is 23.2 Å². The summed E-state index contributed by atoms with van der Waals surface area (Å²) in [6.45, 7) is 0. The Morgan fingerprint density at radius 2 is 1.74 bits per heavy atom. The summed E-state index contributed by atoms with van der Waals surface area (Å²) < 4.78 is 32.2. The molecule has 0 aliphatic heterocycles. The first-order valence-electron chi connectivity index (χ1n) is 6.05. The zero-order chi connectivity index (χ0) is 17.2. The van der Waals surface area contributed by atoms with Gasteiger partial charge >= 0.3 is 0 Å². The fraction of sp³-hybridized carbons (Fsp3) is 0.0769. The van der Waals surface area contributed by atoms with Gasteiger partial charge in [-0.3, -0.25) is 14.8 Å². The molecule has 2 aromatic rings. The van der Waals surface area contributed by atoms with Crippen LogP contribution in [0.25, 0.3) is 0 Å². The predicted molar refractivity (Wildman–Crippen MR) is 86.9 cm³/mol. The number of sulfonamides is 1. The Kier molecular flexibility index (Phi) is 4.98. The molecule has 2 aromatic carbocycles. The molecule has 0 aliphatic rings. The van der Waals surface area contributed by atoms with E-state index in [0.29, 0.717) is 0 Å². The average Bonchev–Trinajstić information content (AvgIpc) is 2.46. The number of nitro groups is 1. The second kappa shape index (κ2) is 6.61. The molecule has 0 aromatic heterocycles. The highest BCUT2D eigenvalue weighted by atomic mass is 35.5. The Labute approximate surface area is 142 Å². The van der Waals surface area contributed by atoms with Gasteiger partial charge in [-0.1, -0.05) is 23.2 Å². The molecule has 2 rings (SSSR count). The van der Waals surface area contributed by atoms with Crippen molar-refractivity contribution in [2.45, 2.75) is 4.90 Å². The molecule has 0 heterocycles. The van der Waals surface area contributed by atoms with Gasteiger partial charge in [0.2, 0.25) is 0 Å². The number of rotatable bonds is 5. The highest BCUT2D eigenvalue weighted by Gasteiger charge is 2.27. The minimum Gasteiger partial charge on any atom is -0.495 e. The van der Waals surface area contributed by atoms with E-state index in [1.807, 2.05) is 0 Å². The summed E-state index contributed by atoms with van der Waals surface area (Å²) in [6, 6.07) is 7.59. The summed E-state index contributed by atoms with van der Waals surface area (Å²) in [7, 11) is -2.89. The lowest BCUT2D eigenvalue weighted by Gasteiger charge is -2.12. The number of methoxy groups -OCH3 is 1. The average molecular weight is 377 g/mol. The molecule has 0 radical (unpaired) electrons. The standard InChI is InChI=1S/C13H10Cl2N2O5S/c1-22-12-4-2-8(14)6-10(12)16-23(20,21)13-5-3-9(15)7-11(13)17(18)19/h2-7,16H,1H3. The molecule has 0 atom stereocenters. The van der Waals surface area contributed by atoms with Crippen LogP contribution < -0.4 is 9.46 Å². The Bertz CT molecular complexity index is 871. The van der Waals surface area contributed by atoms with Crippen LogP contribution in [0, 0.1) is 10.1 Å². The normalized spacial score (nSPS) is 11.1. The maximum atomic E-state index is 12.5. The number of ether oxygens (including phenoxy) is 1. The van der Waals surface area contributed by atoms with Crippen LogP contribution in [-0.4, -0.2) is 20.5 Å². The van der Waals surface area contributed by atoms with Crippen LogP contribution in [0.15, 0.2) is 41.3 Å². The molecule has 0 saturated carbocycles. The minimum absolute atomic E-state index is 0.0518. The first-order chi connectivity index (χ1) is 10.7. The number of nitrogens with one attached hydrogen (secondary N) is 1. The Balaban J connectivity index is 2.52. The Hall–Kier alpha value is -2.03. The maximum absolute atomic E-state index is 12.5. The fourth-order valence-electron chi connectivity index (χ4n) is 1.82. The van der Waals surface area contributed by atoms with Gasteiger partial charge in [0.05, 0.1) is 17.7 Å². The van der Waals surface area contributed by atoms with Gasteiger partial charge in [0.1, 0.15) is 5.75 Å². The van der Waals surface area contributed by atoms with Crippen LogP contribution in [-0.2, 0) is 10.0 Å². The molecular weight excluding hydrogens is 367 g/mol. The van der Waals surface area contributed by atoms with Crippen molar-refractivity contribution in [1.82, 2.24) is 0 Å². The molecule has 0 aliphatic carbocycles. The van der Waals surface area contributed by atoms with Crippen LogP contribution in [0.5, 0.6) is 5.75 Å². The van der Waals surface area contributed by atoms with Gasteiger partial charge in [0.25, 0.3) is 15.7 Å². The molecule has 7 nitrogen and oxygen atoms in total. The summed E-state index contributed by atoms with van der Waals surface area (Å²) in [5.74, 6) is 0.217. The van der Waals surface area contributed by atoms with Gasteiger partial charge in [-0.25, -0.2) is 8.42 Å². The lowest BCUT2D eigenvalue weighted by Crippen LogP contribution is -2.15. The first-order valence-corrected chi connectivity index (χ1v) is 8.29. The van der Waals surface area contributed by atoms with Gasteiger partial charge in [-0.15, -0.1) is 0 Å². The fourth-order valence-corrected chi connectivity index (χ4v) is 3.37. The number of benzene rings is 2. The van der Waals surface area contributed by atoms with E-state index in [0.717, 1.165) is 12.1 Å². The summed E-state index contributed by atoms with van der Waals surface area (Å²) >= 11 is 11.5. The van der Waals surface area contributed by atoms with E-state index >= 15 is 0 Å². The molecule has 0 amide bonds. The van der Waals surface area contributed by atoms with Crippen molar-refractivity contribution in [3.05, 3.63) is 56.6 Å². The van der Waals surface area contributed by atoms with Crippen LogP contribution in [0.3, 0.4) is 0 Å². The largest absolute Gasteiger partial charge is 0.495 e. The quantitative estimate of drug-likeness (QED) is 0.633. The van der Waals surface area contributed by atoms with Gasteiger partial charge in [-0.05, 0) is 30.3 Å². The van der Waals surface area contributed by atoms with E-state index in [4.69, 9.17) is 27.9 Å². The number of anilines is 1.